The Kier molecular flexibility index (Phi) is 5.87. The van der Waals surface area contributed by atoms with E-state index in [1.165, 1.54) is 0 Å². The monoisotopic (exact) mass is 313 g/mol. The molecule has 4 heteroatoms. The molecule has 0 aromatic heterocycles. The minimum Gasteiger partial charge on any atom is -0.391 e. The van der Waals surface area contributed by atoms with Crippen LogP contribution in [0.25, 0.3) is 0 Å². The summed E-state index contributed by atoms with van der Waals surface area (Å²) in [5.41, 5.74) is 6.79. The second-order valence-electron chi connectivity index (χ2n) is 2.79. The molecule has 0 heterocycles. The molecule has 0 radical (unpaired) electrons. The molecule has 0 saturated heterocycles. The van der Waals surface area contributed by atoms with Gasteiger partial charge in [0.15, 0.2) is 0 Å². The van der Waals surface area contributed by atoms with Gasteiger partial charge < -0.3 is 10.8 Å². The number of hydrogen-bond acceptors (Lipinski definition) is 2. The number of aliphatic hydroxyl groups excluding tert-OH is 1. The summed E-state index contributed by atoms with van der Waals surface area (Å²) >= 11 is 2.22. The molecule has 0 aliphatic heterocycles. The van der Waals surface area contributed by atoms with E-state index in [4.69, 9.17) is 5.73 Å². The summed E-state index contributed by atoms with van der Waals surface area (Å²) in [5, 5.41) is 9.27. The molecule has 0 fully saturated rings. The highest BCUT2D eigenvalue weighted by Crippen LogP contribution is 2.20. The molecule has 74 valence electrons. The summed E-state index contributed by atoms with van der Waals surface area (Å²) in [5.74, 6) is 0. The molecule has 13 heavy (non-hydrogen) atoms. The molecular formula is C9H13ClINO. The fraction of sp³-hybridized carbons (Fsp3) is 0.333. The topological polar surface area (TPSA) is 46.2 Å². The van der Waals surface area contributed by atoms with Crippen LogP contribution in [0.1, 0.15) is 18.5 Å². The van der Waals surface area contributed by atoms with Gasteiger partial charge in [0, 0.05) is 3.57 Å². The van der Waals surface area contributed by atoms with Crippen LogP contribution in [0.2, 0.25) is 0 Å². The van der Waals surface area contributed by atoms with Gasteiger partial charge in [-0.1, -0.05) is 18.2 Å². The van der Waals surface area contributed by atoms with Crippen LogP contribution in [0.4, 0.5) is 0 Å². The van der Waals surface area contributed by atoms with Crippen LogP contribution in [0.5, 0.6) is 0 Å². The molecule has 0 saturated carbocycles. The predicted octanol–water partition coefficient (Wildman–Crippen LogP) is 2.09. The van der Waals surface area contributed by atoms with Crippen molar-refractivity contribution in [1.29, 1.82) is 0 Å². The van der Waals surface area contributed by atoms with Crippen LogP contribution in [-0.2, 0) is 0 Å². The number of benzene rings is 1. The second-order valence-corrected chi connectivity index (χ2v) is 3.95. The molecule has 0 bridgehead atoms. The number of aliphatic hydroxyl groups is 1. The third-order valence-corrected chi connectivity index (χ3v) is 2.77. The van der Waals surface area contributed by atoms with E-state index in [1.807, 2.05) is 24.3 Å². The van der Waals surface area contributed by atoms with Gasteiger partial charge in [0.25, 0.3) is 0 Å². The molecule has 0 spiro atoms. The molecule has 2 nitrogen and oxygen atoms in total. The van der Waals surface area contributed by atoms with E-state index < -0.39 is 6.10 Å². The Balaban J connectivity index is 0.00000144. The van der Waals surface area contributed by atoms with Gasteiger partial charge in [0.1, 0.15) is 0 Å². The van der Waals surface area contributed by atoms with Crippen LogP contribution in [0.15, 0.2) is 24.3 Å². The lowest BCUT2D eigenvalue weighted by Crippen LogP contribution is -2.23. The summed E-state index contributed by atoms with van der Waals surface area (Å²) in [6.45, 7) is 1.70. The molecule has 3 N–H and O–H groups in total. The first kappa shape index (κ1) is 13.2. The van der Waals surface area contributed by atoms with Gasteiger partial charge in [-0.3, -0.25) is 0 Å². The summed E-state index contributed by atoms with van der Waals surface area (Å²) < 4.78 is 1.10. The van der Waals surface area contributed by atoms with E-state index in [0.717, 1.165) is 9.13 Å². The summed E-state index contributed by atoms with van der Waals surface area (Å²) in [4.78, 5) is 0. The zero-order chi connectivity index (χ0) is 9.14. The quantitative estimate of drug-likeness (QED) is 0.821. The average Bonchev–Trinajstić information content (AvgIpc) is 2.04. The highest BCUT2D eigenvalue weighted by atomic mass is 127. The molecule has 0 amide bonds. The Labute approximate surface area is 98.1 Å². The molecule has 0 aliphatic rings. The zero-order valence-corrected chi connectivity index (χ0v) is 10.2. The van der Waals surface area contributed by atoms with Crippen molar-refractivity contribution in [2.75, 3.05) is 0 Å². The summed E-state index contributed by atoms with van der Waals surface area (Å²) in [7, 11) is 0. The van der Waals surface area contributed by atoms with Crippen molar-refractivity contribution in [1.82, 2.24) is 0 Å². The van der Waals surface area contributed by atoms with Gasteiger partial charge in [-0.25, -0.2) is 0 Å². The lowest BCUT2D eigenvalue weighted by molar-refractivity contribution is 0.164. The van der Waals surface area contributed by atoms with Crippen molar-refractivity contribution in [2.24, 2.45) is 5.73 Å². The lowest BCUT2D eigenvalue weighted by Gasteiger charge is -2.16. The van der Waals surface area contributed by atoms with Gasteiger partial charge in [-0.05, 0) is 41.1 Å². The summed E-state index contributed by atoms with van der Waals surface area (Å²) in [6.07, 6.45) is -0.499. The maximum Gasteiger partial charge on any atom is 0.0705 e. The molecule has 0 aliphatic carbocycles. The molecular weight excluding hydrogens is 300 g/mol. The smallest absolute Gasteiger partial charge is 0.0705 e. The van der Waals surface area contributed by atoms with Crippen molar-refractivity contribution < 1.29 is 5.11 Å². The van der Waals surface area contributed by atoms with Crippen LogP contribution < -0.4 is 5.73 Å². The fourth-order valence-electron chi connectivity index (χ4n) is 1.01. The van der Waals surface area contributed by atoms with E-state index >= 15 is 0 Å². The molecule has 1 rings (SSSR count). The average molecular weight is 314 g/mol. The maximum atomic E-state index is 9.27. The van der Waals surface area contributed by atoms with Crippen LogP contribution in [0.3, 0.4) is 0 Å². The standard InChI is InChI=1S/C9H12INO.ClH/c1-6(12)9(11)7-4-2-3-5-8(7)10;/h2-6,9,12H,11H2,1H3;1H/t6-,9-;/m1./s1. The Hall–Kier alpha value is 0.160. The van der Waals surface area contributed by atoms with Crippen molar-refractivity contribution in [3.05, 3.63) is 33.4 Å². The number of rotatable bonds is 2. The largest absolute Gasteiger partial charge is 0.391 e. The minimum absolute atomic E-state index is 0. The Morgan fingerprint density at radius 2 is 1.92 bits per heavy atom. The van der Waals surface area contributed by atoms with Crippen molar-refractivity contribution in [2.45, 2.75) is 19.1 Å². The third-order valence-electron chi connectivity index (χ3n) is 1.78. The van der Waals surface area contributed by atoms with E-state index in [9.17, 15) is 5.11 Å². The Morgan fingerprint density at radius 1 is 1.38 bits per heavy atom. The van der Waals surface area contributed by atoms with Crippen LogP contribution in [-0.4, -0.2) is 11.2 Å². The normalized spacial score (nSPS) is 14.5. The first-order valence-corrected chi connectivity index (χ1v) is 4.89. The van der Waals surface area contributed by atoms with Crippen molar-refractivity contribution in [3.8, 4) is 0 Å². The lowest BCUT2D eigenvalue weighted by atomic mass is 10.0. The molecule has 1 aromatic rings. The first-order chi connectivity index (χ1) is 5.63. The van der Waals surface area contributed by atoms with E-state index in [-0.39, 0.29) is 18.4 Å². The third kappa shape index (κ3) is 3.42. The fourth-order valence-corrected chi connectivity index (χ4v) is 1.75. The summed E-state index contributed by atoms with van der Waals surface area (Å²) in [6, 6.07) is 7.54. The highest BCUT2D eigenvalue weighted by molar-refractivity contribution is 14.1. The van der Waals surface area contributed by atoms with E-state index in [0.29, 0.717) is 0 Å². The minimum atomic E-state index is -0.499. The van der Waals surface area contributed by atoms with Crippen molar-refractivity contribution in [3.63, 3.8) is 0 Å². The maximum absolute atomic E-state index is 9.27. The van der Waals surface area contributed by atoms with Gasteiger partial charge in [0.2, 0.25) is 0 Å². The first-order valence-electron chi connectivity index (χ1n) is 3.81. The Bertz CT molecular complexity index is 268. The van der Waals surface area contributed by atoms with Gasteiger partial charge in [-0.15, -0.1) is 12.4 Å². The zero-order valence-electron chi connectivity index (χ0n) is 7.27. The molecule has 1 aromatic carbocycles. The Morgan fingerprint density at radius 3 is 2.38 bits per heavy atom. The second kappa shape index (κ2) is 5.80. The number of nitrogens with two attached hydrogens (primary N) is 1. The predicted molar refractivity (Wildman–Crippen MR) is 65.0 cm³/mol. The molecule has 2 atom stereocenters. The van der Waals surface area contributed by atoms with Gasteiger partial charge >= 0.3 is 0 Å². The number of halogens is 2. The SMILES string of the molecule is C[C@@H](O)[C@@H](N)c1ccccc1I.Cl. The number of hydrogen-bond donors (Lipinski definition) is 2. The molecule has 0 unspecified atom stereocenters. The van der Waals surface area contributed by atoms with Gasteiger partial charge in [0.05, 0.1) is 12.1 Å². The highest BCUT2D eigenvalue weighted by Gasteiger charge is 2.13. The van der Waals surface area contributed by atoms with E-state index in [1.54, 1.807) is 6.92 Å². The van der Waals surface area contributed by atoms with Crippen LogP contribution in [0, 0.1) is 3.57 Å². The van der Waals surface area contributed by atoms with Crippen molar-refractivity contribution >= 4 is 35.0 Å². The van der Waals surface area contributed by atoms with Gasteiger partial charge in [-0.2, -0.15) is 0 Å². The van der Waals surface area contributed by atoms with Crippen LogP contribution >= 0.6 is 35.0 Å². The van der Waals surface area contributed by atoms with E-state index in [2.05, 4.69) is 22.6 Å².